The van der Waals surface area contributed by atoms with E-state index in [1.807, 2.05) is 60.4 Å². The molecular formula is C28H24N4O3S. The summed E-state index contributed by atoms with van der Waals surface area (Å²) >= 11 is 5.87. The number of fused-ring (bicyclic) bond motifs is 1. The van der Waals surface area contributed by atoms with Gasteiger partial charge in [0.1, 0.15) is 13.2 Å². The van der Waals surface area contributed by atoms with Gasteiger partial charge in [0.2, 0.25) is 5.82 Å². The fraction of sp³-hybridized carbons (Fsp3) is 0.179. The molecule has 36 heavy (non-hydrogen) atoms. The van der Waals surface area contributed by atoms with Gasteiger partial charge in [-0.05, 0) is 43.8 Å². The molecule has 6 rings (SSSR count). The van der Waals surface area contributed by atoms with Crippen LogP contribution in [0.2, 0.25) is 0 Å². The van der Waals surface area contributed by atoms with E-state index in [1.54, 1.807) is 0 Å². The lowest BCUT2D eigenvalue weighted by Crippen LogP contribution is -2.46. The van der Waals surface area contributed by atoms with E-state index in [0.29, 0.717) is 35.8 Å². The second-order valence-corrected chi connectivity index (χ2v) is 9.13. The molecule has 8 heteroatoms. The highest BCUT2D eigenvalue weighted by Crippen LogP contribution is 2.41. The average Bonchev–Trinajstić information content (AvgIpc) is 3.39. The third-order valence-corrected chi connectivity index (χ3v) is 6.67. The zero-order valence-corrected chi connectivity index (χ0v) is 20.7. The lowest BCUT2D eigenvalue weighted by molar-refractivity contribution is 0.171. The van der Waals surface area contributed by atoms with Crippen molar-refractivity contribution in [1.82, 2.24) is 15.5 Å². The number of aromatic nitrogens is 2. The summed E-state index contributed by atoms with van der Waals surface area (Å²) in [5, 5.41) is 8.36. The molecule has 7 nitrogen and oxygen atoms in total. The highest BCUT2D eigenvalue weighted by molar-refractivity contribution is 7.80. The number of allylic oxidation sites excluding steroid dienone is 1. The molecule has 1 aromatic heterocycles. The van der Waals surface area contributed by atoms with Crippen LogP contribution in [-0.4, -0.2) is 28.5 Å². The van der Waals surface area contributed by atoms with E-state index < -0.39 is 0 Å². The van der Waals surface area contributed by atoms with E-state index in [9.17, 15) is 0 Å². The van der Waals surface area contributed by atoms with Gasteiger partial charge >= 0.3 is 0 Å². The molecule has 1 unspecified atom stereocenters. The predicted molar refractivity (Wildman–Crippen MR) is 142 cm³/mol. The van der Waals surface area contributed by atoms with Crippen molar-refractivity contribution in [3.05, 3.63) is 95.5 Å². The van der Waals surface area contributed by atoms with Crippen LogP contribution >= 0.6 is 12.2 Å². The first kappa shape index (κ1) is 22.3. The zero-order valence-electron chi connectivity index (χ0n) is 19.9. The number of nitrogens with zero attached hydrogens (tertiary/aromatic N) is 3. The number of hydrogen-bond acceptors (Lipinski definition) is 6. The Morgan fingerprint density at radius 3 is 2.44 bits per heavy atom. The Morgan fingerprint density at radius 1 is 0.917 bits per heavy atom. The number of thiocarbonyl (C=S) groups is 1. The third kappa shape index (κ3) is 3.99. The molecular weight excluding hydrogens is 472 g/mol. The molecule has 2 aliphatic heterocycles. The van der Waals surface area contributed by atoms with Crippen molar-refractivity contribution in [3.63, 3.8) is 0 Å². The van der Waals surface area contributed by atoms with Gasteiger partial charge in [0.25, 0.3) is 5.89 Å². The first-order chi connectivity index (χ1) is 17.6. The SMILES string of the molecule is CC1=C(c2nc(-c3ccccc3)no2)C(c2ccc(C)cc2)NC(=S)N1c1ccc2c(c1)OCCO2. The first-order valence-electron chi connectivity index (χ1n) is 11.8. The quantitative estimate of drug-likeness (QED) is 0.362. The largest absolute Gasteiger partial charge is 0.486 e. The minimum atomic E-state index is -0.254. The number of anilines is 1. The maximum absolute atomic E-state index is 5.87. The van der Waals surface area contributed by atoms with Crippen LogP contribution in [0.25, 0.3) is 17.0 Å². The number of benzene rings is 3. The minimum Gasteiger partial charge on any atom is -0.486 e. The smallest absolute Gasteiger partial charge is 0.258 e. The van der Waals surface area contributed by atoms with Crippen LogP contribution in [0.15, 0.2) is 83.0 Å². The van der Waals surface area contributed by atoms with Crippen LogP contribution in [0.4, 0.5) is 5.69 Å². The van der Waals surface area contributed by atoms with E-state index >= 15 is 0 Å². The van der Waals surface area contributed by atoms with E-state index in [0.717, 1.165) is 33.8 Å². The Hall–Kier alpha value is -4.17. The highest BCUT2D eigenvalue weighted by Gasteiger charge is 2.35. The second-order valence-electron chi connectivity index (χ2n) is 8.74. The van der Waals surface area contributed by atoms with E-state index in [-0.39, 0.29) is 6.04 Å². The summed E-state index contributed by atoms with van der Waals surface area (Å²) in [4.78, 5) is 6.75. The Bertz CT molecular complexity index is 1460. The van der Waals surface area contributed by atoms with Crippen molar-refractivity contribution < 1.29 is 14.0 Å². The molecule has 0 spiro atoms. The van der Waals surface area contributed by atoms with Crippen LogP contribution in [-0.2, 0) is 0 Å². The molecule has 0 saturated carbocycles. The van der Waals surface area contributed by atoms with Crippen molar-refractivity contribution in [3.8, 4) is 22.9 Å². The van der Waals surface area contributed by atoms with Crippen molar-refractivity contribution >= 4 is 28.6 Å². The zero-order chi connectivity index (χ0) is 24.6. The molecule has 3 heterocycles. The number of hydrogen-bond donors (Lipinski definition) is 1. The van der Waals surface area contributed by atoms with Gasteiger partial charge in [0.15, 0.2) is 16.6 Å². The molecule has 0 saturated heterocycles. The van der Waals surface area contributed by atoms with Gasteiger partial charge in [-0.15, -0.1) is 0 Å². The van der Waals surface area contributed by atoms with Crippen molar-refractivity contribution in [1.29, 1.82) is 0 Å². The minimum absolute atomic E-state index is 0.254. The fourth-order valence-corrected chi connectivity index (χ4v) is 4.91. The summed E-state index contributed by atoms with van der Waals surface area (Å²) in [6.45, 7) is 5.14. The summed E-state index contributed by atoms with van der Waals surface area (Å²) in [6, 6.07) is 23.7. The molecule has 1 atom stereocenters. The lowest BCUT2D eigenvalue weighted by atomic mass is 9.94. The monoisotopic (exact) mass is 496 g/mol. The molecule has 0 fully saturated rings. The molecule has 0 amide bonds. The van der Waals surface area contributed by atoms with E-state index in [4.69, 9.17) is 31.2 Å². The maximum atomic E-state index is 5.87. The number of rotatable bonds is 4. The van der Waals surface area contributed by atoms with Gasteiger partial charge in [0.05, 0.1) is 17.3 Å². The van der Waals surface area contributed by atoms with Gasteiger partial charge in [0, 0.05) is 17.3 Å². The highest BCUT2D eigenvalue weighted by atomic mass is 32.1. The topological polar surface area (TPSA) is 72.7 Å². The number of ether oxygens (including phenoxy) is 2. The Balaban J connectivity index is 1.48. The van der Waals surface area contributed by atoms with Crippen molar-refractivity contribution in [2.45, 2.75) is 19.9 Å². The molecule has 180 valence electrons. The van der Waals surface area contributed by atoms with Crippen molar-refractivity contribution in [2.24, 2.45) is 0 Å². The third-order valence-electron chi connectivity index (χ3n) is 6.37. The van der Waals surface area contributed by atoms with Crippen LogP contribution in [0.5, 0.6) is 11.5 Å². The molecule has 0 aliphatic carbocycles. The van der Waals surface area contributed by atoms with E-state index in [2.05, 4.69) is 41.7 Å². The fourth-order valence-electron chi connectivity index (χ4n) is 4.55. The standard InChI is InChI=1S/C28H24N4O3S/c1-17-8-10-19(11-9-17)25-24(27-30-26(31-35-27)20-6-4-3-5-7-20)18(2)32(28(36)29-25)21-12-13-22-23(16-21)34-15-14-33-22/h3-13,16,25H,14-15H2,1-2H3,(H,29,36). The molecule has 1 N–H and O–H groups in total. The normalized spacial score (nSPS) is 17.2. The van der Waals surface area contributed by atoms with Crippen LogP contribution in [0.3, 0.4) is 0 Å². The van der Waals surface area contributed by atoms with Crippen molar-refractivity contribution in [2.75, 3.05) is 18.1 Å². The van der Waals surface area contributed by atoms with Gasteiger partial charge in [-0.2, -0.15) is 4.98 Å². The Morgan fingerprint density at radius 2 is 1.67 bits per heavy atom. The summed E-state index contributed by atoms with van der Waals surface area (Å²) in [5.74, 6) is 2.40. The summed E-state index contributed by atoms with van der Waals surface area (Å²) in [5.41, 5.74) is 5.74. The summed E-state index contributed by atoms with van der Waals surface area (Å²) in [7, 11) is 0. The van der Waals surface area contributed by atoms with Gasteiger partial charge < -0.3 is 19.3 Å². The van der Waals surface area contributed by atoms with Crippen LogP contribution in [0, 0.1) is 6.92 Å². The Labute approximate surface area is 214 Å². The number of nitrogens with one attached hydrogen (secondary N) is 1. The van der Waals surface area contributed by atoms with Crippen LogP contribution < -0.4 is 19.7 Å². The Kier molecular flexibility index (Phi) is 5.65. The molecule has 3 aromatic carbocycles. The average molecular weight is 497 g/mol. The maximum Gasteiger partial charge on any atom is 0.258 e. The molecule has 0 bridgehead atoms. The first-order valence-corrected chi connectivity index (χ1v) is 12.2. The number of aryl methyl sites for hydroxylation is 1. The lowest BCUT2D eigenvalue weighted by Gasteiger charge is -2.37. The van der Waals surface area contributed by atoms with Gasteiger partial charge in [-0.25, -0.2) is 0 Å². The van der Waals surface area contributed by atoms with E-state index in [1.165, 1.54) is 5.56 Å². The summed E-state index contributed by atoms with van der Waals surface area (Å²) < 4.78 is 17.4. The van der Waals surface area contributed by atoms with Crippen LogP contribution in [0.1, 0.15) is 30.0 Å². The second kappa shape index (κ2) is 9.13. The summed E-state index contributed by atoms with van der Waals surface area (Å²) in [6.07, 6.45) is 0. The van der Waals surface area contributed by atoms with Gasteiger partial charge in [-0.3, -0.25) is 4.90 Å². The molecule has 0 radical (unpaired) electrons. The molecule has 2 aliphatic rings. The predicted octanol–water partition coefficient (Wildman–Crippen LogP) is 5.68. The molecule has 4 aromatic rings. The van der Waals surface area contributed by atoms with Gasteiger partial charge in [-0.1, -0.05) is 65.3 Å².